The van der Waals surface area contributed by atoms with Crippen LogP contribution in [0.5, 0.6) is 0 Å². The first-order chi connectivity index (χ1) is 7.04. The van der Waals surface area contributed by atoms with Crippen LogP contribution in [-0.2, 0) is 6.42 Å². The number of non-ortho nitro benzene ring substituents is 1. The highest BCUT2D eigenvalue weighted by Gasteiger charge is 2.11. The van der Waals surface area contributed by atoms with Gasteiger partial charge in [-0.1, -0.05) is 6.07 Å². The molecule has 0 aromatic heterocycles. The second-order valence-electron chi connectivity index (χ2n) is 3.39. The molecule has 0 saturated carbocycles. The maximum Gasteiger partial charge on any atom is 0.270 e. The lowest BCUT2D eigenvalue weighted by Crippen LogP contribution is -2.18. The molecule has 1 aromatic rings. The van der Waals surface area contributed by atoms with Gasteiger partial charge in [0, 0.05) is 18.2 Å². The van der Waals surface area contributed by atoms with Crippen molar-refractivity contribution in [2.75, 3.05) is 0 Å². The second kappa shape index (κ2) is 4.53. The summed E-state index contributed by atoms with van der Waals surface area (Å²) in [5.41, 5.74) is 6.60. The maximum absolute atomic E-state index is 10.5. The van der Waals surface area contributed by atoms with Crippen LogP contribution in [-0.4, -0.2) is 11.0 Å². The number of nitrogens with zero attached hydrogens (tertiary/aromatic N) is 2. The fourth-order valence-corrected chi connectivity index (χ4v) is 1.31. The van der Waals surface area contributed by atoms with Crippen LogP contribution in [0.15, 0.2) is 18.2 Å². The lowest BCUT2D eigenvalue weighted by atomic mass is 10.0. The van der Waals surface area contributed by atoms with E-state index in [0.29, 0.717) is 12.0 Å². The zero-order chi connectivity index (χ0) is 11.4. The molecular weight excluding hydrogens is 194 g/mol. The average Bonchev–Trinajstić information content (AvgIpc) is 2.17. The Hall–Kier alpha value is -1.93. The zero-order valence-electron chi connectivity index (χ0n) is 8.30. The van der Waals surface area contributed by atoms with Gasteiger partial charge in [0.15, 0.2) is 0 Å². The Labute approximate surface area is 87.3 Å². The Morgan fingerprint density at radius 2 is 2.33 bits per heavy atom. The van der Waals surface area contributed by atoms with E-state index in [1.54, 1.807) is 6.07 Å². The molecule has 15 heavy (non-hydrogen) atoms. The molecule has 1 atom stereocenters. The number of benzene rings is 1. The van der Waals surface area contributed by atoms with Crippen LogP contribution in [0.25, 0.3) is 0 Å². The molecule has 0 fully saturated rings. The van der Waals surface area contributed by atoms with Crippen molar-refractivity contribution >= 4 is 5.69 Å². The Morgan fingerprint density at radius 3 is 2.80 bits per heavy atom. The molecule has 1 unspecified atom stereocenters. The molecule has 1 aromatic carbocycles. The zero-order valence-corrected chi connectivity index (χ0v) is 8.30. The summed E-state index contributed by atoms with van der Waals surface area (Å²) in [6, 6.07) is 6.11. The first kappa shape index (κ1) is 11.1. The van der Waals surface area contributed by atoms with Gasteiger partial charge in [-0.05, 0) is 18.9 Å². The maximum atomic E-state index is 10.5. The van der Waals surface area contributed by atoms with Crippen molar-refractivity contribution in [3.05, 3.63) is 39.4 Å². The van der Waals surface area contributed by atoms with Gasteiger partial charge < -0.3 is 5.73 Å². The number of nitrogens with two attached hydrogens (primary N) is 1. The molecule has 0 aliphatic heterocycles. The van der Waals surface area contributed by atoms with Gasteiger partial charge in [-0.25, -0.2) is 0 Å². The quantitative estimate of drug-likeness (QED) is 0.595. The van der Waals surface area contributed by atoms with E-state index in [4.69, 9.17) is 11.0 Å². The highest BCUT2D eigenvalue weighted by atomic mass is 16.6. The lowest BCUT2D eigenvalue weighted by molar-refractivity contribution is -0.384. The summed E-state index contributed by atoms with van der Waals surface area (Å²) in [7, 11) is 0. The minimum absolute atomic E-state index is 0.0695. The topological polar surface area (TPSA) is 92.9 Å². The standard InChI is InChI=1S/C10H11N3O2/c1-7(12)4-8-2-3-10(13(14)15)5-9(8)6-11/h2-3,5,7H,4,12H2,1H3. The van der Waals surface area contributed by atoms with E-state index in [1.165, 1.54) is 12.1 Å². The summed E-state index contributed by atoms with van der Waals surface area (Å²) in [6.45, 7) is 1.82. The Kier molecular flexibility index (Phi) is 3.37. The molecular formula is C10H11N3O2. The Bertz CT molecular complexity index is 421. The molecule has 0 radical (unpaired) electrons. The average molecular weight is 205 g/mol. The van der Waals surface area contributed by atoms with Crippen molar-refractivity contribution in [3.8, 4) is 6.07 Å². The Morgan fingerprint density at radius 1 is 1.67 bits per heavy atom. The van der Waals surface area contributed by atoms with Crippen LogP contribution in [0.3, 0.4) is 0 Å². The molecule has 2 N–H and O–H groups in total. The summed E-state index contributed by atoms with van der Waals surface area (Å²) in [4.78, 5) is 9.96. The monoisotopic (exact) mass is 205 g/mol. The second-order valence-corrected chi connectivity index (χ2v) is 3.39. The van der Waals surface area contributed by atoms with E-state index in [1.807, 2.05) is 13.0 Å². The van der Waals surface area contributed by atoms with Crippen LogP contribution in [0.4, 0.5) is 5.69 Å². The predicted molar refractivity (Wildman–Crippen MR) is 55.2 cm³/mol. The fraction of sp³-hybridized carbons (Fsp3) is 0.300. The first-order valence-electron chi connectivity index (χ1n) is 4.47. The summed E-state index contributed by atoms with van der Waals surface area (Å²) < 4.78 is 0. The van der Waals surface area contributed by atoms with Crippen LogP contribution in [0, 0.1) is 21.4 Å². The van der Waals surface area contributed by atoms with Crippen molar-refractivity contribution in [2.45, 2.75) is 19.4 Å². The van der Waals surface area contributed by atoms with Crippen LogP contribution >= 0.6 is 0 Å². The van der Waals surface area contributed by atoms with Gasteiger partial charge in [0.2, 0.25) is 0 Å². The predicted octanol–water partition coefficient (Wildman–Crippen LogP) is 1.36. The van der Waals surface area contributed by atoms with Crippen LogP contribution < -0.4 is 5.73 Å². The third-order valence-electron chi connectivity index (χ3n) is 1.97. The van der Waals surface area contributed by atoms with Gasteiger partial charge in [-0.3, -0.25) is 10.1 Å². The SMILES string of the molecule is CC(N)Cc1ccc([N+](=O)[O-])cc1C#N. The number of hydrogen-bond acceptors (Lipinski definition) is 4. The van der Waals surface area contributed by atoms with Crippen LogP contribution in [0.1, 0.15) is 18.1 Å². The van der Waals surface area contributed by atoms with Gasteiger partial charge in [0.25, 0.3) is 5.69 Å². The molecule has 0 saturated heterocycles. The van der Waals surface area contributed by atoms with Gasteiger partial charge in [0.1, 0.15) is 0 Å². The van der Waals surface area contributed by atoms with Crippen molar-refractivity contribution in [3.63, 3.8) is 0 Å². The molecule has 5 heteroatoms. The van der Waals surface area contributed by atoms with E-state index in [2.05, 4.69) is 0 Å². The smallest absolute Gasteiger partial charge is 0.270 e. The molecule has 0 bridgehead atoms. The third-order valence-corrected chi connectivity index (χ3v) is 1.97. The summed E-state index contributed by atoms with van der Waals surface area (Å²) in [6.07, 6.45) is 0.543. The number of rotatable bonds is 3. The third kappa shape index (κ3) is 2.76. The number of nitro groups is 1. The van der Waals surface area contributed by atoms with Crippen molar-refractivity contribution in [2.24, 2.45) is 5.73 Å². The molecule has 0 aliphatic carbocycles. The number of nitro benzene ring substituents is 1. The molecule has 0 heterocycles. The first-order valence-corrected chi connectivity index (χ1v) is 4.47. The highest BCUT2D eigenvalue weighted by Crippen LogP contribution is 2.18. The van der Waals surface area contributed by atoms with Crippen LogP contribution in [0.2, 0.25) is 0 Å². The Balaban J connectivity index is 3.11. The van der Waals surface area contributed by atoms with Gasteiger partial charge in [-0.2, -0.15) is 5.26 Å². The minimum Gasteiger partial charge on any atom is -0.328 e. The summed E-state index contributed by atoms with van der Waals surface area (Å²) in [5.74, 6) is 0. The molecule has 0 aliphatic rings. The van der Waals surface area contributed by atoms with Gasteiger partial charge in [-0.15, -0.1) is 0 Å². The fourth-order valence-electron chi connectivity index (χ4n) is 1.31. The largest absolute Gasteiger partial charge is 0.328 e. The van der Waals surface area contributed by atoms with Crippen molar-refractivity contribution in [1.29, 1.82) is 5.26 Å². The van der Waals surface area contributed by atoms with Crippen molar-refractivity contribution in [1.82, 2.24) is 0 Å². The number of hydrogen-bond donors (Lipinski definition) is 1. The normalized spacial score (nSPS) is 11.8. The van der Waals surface area contributed by atoms with E-state index in [0.717, 1.165) is 5.56 Å². The summed E-state index contributed by atoms with van der Waals surface area (Å²) >= 11 is 0. The van der Waals surface area contributed by atoms with Gasteiger partial charge >= 0.3 is 0 Å². The van der Waals surface area contributed by atoms with E-state index in [-0.39, 0.29) is 11.7 Å². The van der Waals surface area contributed by atoms with E-state index < -0.39 is 4.92 Å². The number of nitriles is 1. The van der Waals surface area contributed by atoms with E-state index >= 15 is 0 Å². The van der Waals surface area contributed by atoms with E-state index in [9.17, 15) is 10.1 Å². The molecule has 1 rings (SSSR count). The molecule has 5 nitrogen and oxygen atoms in total. The van der Waals surface area contributed by atoms with Crippen molar-refractivity contribution < 1.29 is 4.92 Å². The lowest BCUT2D eigenvalue weighted by Gasteiger charge is -2.06. The van der Waals surface area contributed by atoms with Gasteiger partial charge in [0.05, 0.1) is 16.6 Å². The highest BCUT2D eigenvalue weighted by molar-refractivity contribution is 5.46. The summed E-state index contributed by atoms with van der Waals surface area (Å²) in [5, 5.41) is 19.3. The molecule has 78 valence electrons. The molecule has 0 spiro atoms. The molecule has 0 amide bonds. The minimum atomic E-state index is -0.517.